The van der Waals surface area contributed by atoms with Crippen LogP contribution in [0.1, 0.15) is 10.4 Å². The molecule has 1 aromatic rings. The minimum absolute atomic E-state index is 0.0134. The highest BCUT2D eigenvalue weighted by Crippen LogP contribution is 2.21. The predicted octanol–water partition coefficient (Wildman–Crippen LogP) is 0.611. The minimum atomic E-state index is -0.863. The Hall–Kier alpha value is -1.66. The third-order valence-electron chi connectivity index (χ3n) is 2.40. The maximum absolute atomic E-state index is 13.5. The Morgan fingerprint density at radius 3 is 2.78 bits per heavy atom. The van der Waals surface area contributed by atoms with E-state index in [4.69, 9.17) is 4.74 Å². The predicted molar refractivity (Wildman–Crippen MR) is 62.9 cm³/mol. The number of methoxy groups -OCH3 is 1. The van der Waals surface area contributed by atoms with Crippen molar-refractivity contribution in [2.45, 2.75) is 6.10 Å². The maximum atomic E-state index is 13.5. The number of hydrogen-bond donors (Lipinski definition) is 2. The molecular formula is C12H16FNO4. The van der Waals surface area contributed by atoms with Gasteiger partial charge in [-0.2, -0.15) is 0 Å². The van der Waals surface area contributed by atoms with Gasteiger partial charge in [0.05, 0.1) is 12.7 Å². The van der Waals surface area contributed by atoms with Gasteiger partial charge in [0, 0.05) is 20.7 Å². The number of aliphatic hydroxyl groups excluding tert-OH is 1. The number of aliphatic hydroxyl groups is 1. The van der Waals surface area contributed by atoms with Crippen LogP contribution in [0.4, 0.5) is 4.39 Å². The van der Waals surface area contributed by atoms with Gasteiger partial charge in [-0.15, -0.1) is 0 Å². The van der Waals surface area contributed by atoms with Crippen molar-refractivity contribution in [3.05, 3.63) is 29.6 Å². The van der Waals surface area contributed by atoms with Gasteiger partial charge in [-0.25, -0.2) is 4.39 Å². The SMILES string of the molecule is COCC(O)CN(C)C(=O)c1c(O)cccc1F. The second-order valence-electron chi connectivity index (χ2n) is 3.93. The number of halogens is 1. The van der Waals surface area contributed by atoms with Gasteiger partial charge in [-0.3, -0.25) is 4.79 Å². The number of hydrogen-bond acceptors (Lipinski definition) is 4. The van der Waals surface area contributed by atoms with Gasteiger partial charge in [0.2, 0.25) is 0 Å². The number of carbonyl (C=O) groups excluding carboxylic acids is 1. The molecule has 1 amide bonds. The Kier molecular flexibility index (Phi) is 5.06. The lowest BCUT2D eigenvalue weighted by atomic mass is 10.1. The lowest BCUT2D eigenvalue weighted by Gasteiger charge is -2.21. The molecule has 0 spiro atoms. The Labute approximate surface area is 104 Å². The molecule has 5 nitrogen and oxygen atoms in total. The zero-order valence-electron chi connectivity index (χ0n) is 10.3. The van der Waals surface area contributed by atoms with E-state index >= 15 is 0 Å². The van der Waals surface area contributed by atoms with Crippen LogP contribution in [0.25, 0.3) is 0 Å². The summed E-state index contributed by atoms with van der Waals surface area (Å²) in [4.78, 5) is 13.0. The number of rotatable bonds is 5. The van der Waals surface area contributed by atoms with Gasteiger partial charge in [0.25, 0.3) is 5.91 Å². The van der Waals surface area contributed by atoms with Crippen LogP contribution in [-0.4, -0.2) is 54.4 Å². The van der Waals surface area contributed by atoms with Crippen LogP contribution in [0.5, 0.6) is 5.75 Å². The summed E-state index contributed by atoms with van der Waals surface area (Å²) in [5.41, 5.74) is -0.399. The number of amides is 1. The van der Waals surface area contributed by atoms with Gasteiger partial charge >= 0.3 is 0 Å². The lowest BCUT2D eigenvalue weighted by Crippen LogP contribution is -2.36. The molecule has 0 radical (unpaired) electrons. The Morgan fingerprint density at radius 2 is 2.22 bits per heavy atom. The van der Waals surface area contributed by atoms with E-state index in [1.807, 2.05) is 0 Å². The fourth-order valence-corrected chi connectivity index (χ4v) is 1.56. The van der Waals surface area contributed by atoms with E-state index in [0.29, 0.717) is 0 Å². The molecule has 0 aliphatic rings. The van der Waals surface area contributed by atoms with E-state index in [1.165, 1.54) is 26.3 Å². The number of nitrogens with zero attached hydrogens (tertiary/aromatic N) is 1. The van der Waals surface area contributed by atoms with Gasteiger partial charge in [-0.1, -0.05) is 6.07 Å². The van der Waals surface area contributed by atoms with Crippen molar-refractivity contribution in [3.8, 4) is 5.75 Å². The highest BCUT2D eigenvalue weighted by Gasteiger charge is 2.21. The summed E-state index contributed by atoms with van der Waals surface area (Å²) >= 11 is 0. The molecule has 0 heterocycles. The largest absolute Gasteiger partial charge is 0.507 e. The molecule has 1 unspecified atom stereocenters. The van der Waals surface area contributed by atoms with Crippen molar-refractivity contribution >= 4 is 5.91 Å². The smallest absolute Gasteiger partial charge is 0.260 e. The molecule has 18 heavy (non-hydrogen) atoms. The first-order chi connectivity index (χ1) is 8.47. The molecule has 0 bridgehead atoms. The topological polar surface area (TPSA) is 70.0 Å². The van der Waals surface area contributed by atoms with Crippen molar-refractivity contribution in [1.82, 2.24) is 4.90 Å². The zero-order valence-corrected chi connectivity index (χ0v) is 10.3. The molecule has 0 saturated carbocycles. The molecule has 1 aromatic carbocycles. The summed E-state index contributed by atoms with van der Waals surface area (Å²) in [6.07, 6.45) is -0.863. The van der Waals surface area contributed by atoms with Crippen LogP contribution in [0.2, 0.25) is 0 Å². The quantitative estimate of drug-likeness (QED) is 0.811. The minimum Gasteiger partial charge on any atom is -0.507 e. The first-order valence-corrected chi connectivity index (χ1v) is 5.37. The molecule has 0 fully saturated rings. The van der Waals surface area contributed by atoms with Gasteiger partial charge in [0.1, 0.15) is 17.1 Å². The molecule has 0 aromatic heterocycles. The summed E-state index contributed by atoms with van der Waals surface area (Å²) < 4.78 is 18.2. The number of benzene rings is 1. The highest BCUT2D eigenvalue weighted by atomic mass is 19.1. The summed E-state index contributed by atoms with van der Waals surface area (Å²) in [6.45, 7) is 0.0569. The first-order valence-electron chi connectivity index (χ1n) is 5.37. The van der Waals surface area contributed by atoms with Crippen LogP contribution in [0.3, 0.4) is 0 Å². The van der Waals surface area contributed by atoms with Crippen LogP contribution in [0.15, 0.2) is 18.2 Å². The average Bonchev–Trinajstić information content (AvgIpc) is 2.28. The van der Waals surface area contributed by atoms with Crippen molar-refractivity contribution < 1.29 is 24.1 Å². The van der Waals surface area contributed by atoms with Crippen molar-refractivity contribution in [1.29, 1.82) is 0 Å². The summed E-state index contributed by atoms with van der Waals surface area (Å²) in [6, 6.07) is 3.63. The van der Waals surface area contributed by atoms with E-state index in [1.54, 1.807) is 0 Å². The van der Waals surface area contributed by atoms with Crippen LogP contribution in [0, 0.1) is 5.82 Å². The number of phenolic OH excluding ortho intramolecular Hbond substituents is 1. The second-order valence-corrected chi connectivity index (χ2v) is 3.93. The van der Waals surface area contributed by atoms with E-state index in [0.717, 1.165) is 11.0 Å². The third-order valence-corrected chi connectivity index (χ3v) is 2.40. The van der Waals surface area contributed by atoms with Gasteiger partial charge < -0.3 is 19.8 Å². The molecule has 0 aliphatic heterocycles. The Bertz CT molecular complexity index is 404. The van der Waals surface area contributed by atoms with Crippen LogP contribution >= 0.6 is 0 Å². The zero-order chi connectivity index (χ0) is 13.7. The summed E-state index contributed by atoms with van der Waals surface area (Å²) in [5, 5.41) is 19.0. The molecule has 6 heteroatoms. The maximum Gasteiger partial charge on any atom is 0.260 e. The van der Waals surface area contributed by atoms with Gasteiger partial charge in [0.15, 0.2) is 0 Å². The number of ether oxygens (including phenoxy) is 1. The van der Waals surface area contributed by atoms with Crippen molar-refractivity contribution in [2.24, 2.45) is 0 Å². The van der Waals surface area contributed by atoms with Gasteiger partial charge in [-0.05, 0) is 12.1 Å². The number of phenols is 1. The Balaban J connectivity index is 2.81. The number of likely N-dealkylation sites (N-methyl/N-ethyl adjacent to an activating group) is 1. The number of carbonyl (C=O) groups is 1. The normalized spacial score (nSPS) is 12.2. The van der Waals surface area contributed by atoms with E-state index in [2.05, 4.69) is 0 Å². The molecule has 100 valence electrons. The molecule has 1 atom stereocenters. The fourth-order valence-electron chi connectivity index (χ4n) is 1.56. The standard InChI is InChI=1S/C12H16FNO4/c1-14(6-8(15)7-18-2)12(17)11-9(13)4-3-5-10(11)16/h3-5,8,15-16H,6-7H2,1-2H3. The van der Waals surface area contributed by atoms with E-state index in [9.17, 15) is 19.4 Å². The number of aromatic hydroxyl groups is 1. The second kappa shape index (κ2) is 6.32. The fraction of sp³-hybridized carbons (Fsp3) is 0.417. The monoisotopic (exact) mass is 257 g/mol. The lowest BCUT2D eigenvalue weighted by molar-refractivity contribution is 0.0377. The summed E-state index contributed by atoms with van der Waals surface area (Å²) in [5.74, 6) is -1.91. The Morgan fingerprint density at radius 1 is 1.56 bits per heavy atom. The molecule has 2 N–H and O–H groups in total. The average molecular weight is 257 g/mol. The van der Waals surface area contributed by atoms with E-state index in [-0.39, 0.29) is 13.2 Å². The third kappa shape index (κ3) is 3.41. The highest BCUT2D eigenvalue weighted by molar-refractivity contribution is 5.96. The molecule has 0 aliphatic carbocycles. The summed E-state index contributed by atoms with van der Waals surface area (Å²) in [7, 11) is 2.83. The molecular weight excluding hydrogens is 241 g/mol. The van der Waals surface area contributed by atoms with E-state index < -0.39 is 29.1 Å². The molecule has 0 saturated heterocycles. The van der Waals surface area contributed by atoms with Crippen molar-refractivity contribution in [2.75, 3.05) is 27.3 Å². The first kappa shape index (κ1) is 14.4. The van der Waals surface area contributed by atoms with Crippen LogP contribution < -0.4 is 0 Å². The van der Waals surface area contributed by atoms with Crippen molar-refractivity contribution in [3.63, 3.8) is 0 Å². The molecule has 1 rings (SSSR count). The van der Waals surface area contributed by atoms with Crippen LogP contribution in [-0.2, 0) is 4.74 Å².